The molecule has 9 amide bonds. The van der Waals surface area contributed by atoms with Crippen molar-refractivity contribution in [1.82, 2.24) is 82.2 Å². The number of thiol groups is 1. The minimum atomic E-state index is -0.872. The topological polar surface area (TPSA) is 363 Å². The summed E-state index contributed by atoms with van der Waals surface area (Å²) < 4.78 is 0. The summed E-state index contributed by atoms with van der Waals surface area (Å²) in [6, 6.07) is -1.39. The van der Waals surface area contributed by atoms with Gasteiger partial charge in [-0.05, 0) is 179 Å². The number of aromatic nitrogens is 1. The second-order valence-electron chi connectivity index (χ2n) is 27.3. The predicted octanol–water partition coefficient (Wildman–Crippen LogP) is 3.29. The maximum atomic E-state index is 14.5. The number of carbonyl (C=O) groups excluding carboxylic acids is 13. The van der Waals surface area contributed by atoms with Gasteiger partial charge in [-0.15, -0.1) is 0 Å². The molecule has 0 aliphatic carbocycles. The summed E-state index contributed by atoms with van der Waals surface area (Å²) in [4.78, 5) is 180. The number of likely N-dealkylation sites (N-methyl/N-ethyl adjacent to an activating group) is 6. The Balaban J connectivity index is 0.00000399. The normalized spacial score (nSPS) is 12.2. The van der Waals surface area contributed by atoms with Crippen LogP contribution in [0.25, 0.3) is 0 Å². The van der Waals surface area contributed by atoms with Gasteiger partial charge in [0.25, 0.3) is 5.91 Å². The first-order chi connectivity index (χ1) is 50.0. The Morgan fingerprint density at radius 2 is 0.886 bits per heavy atom. The zero-order valence-electron chi connectivity index (χ0n) is 65.6. The standard InChI is InChI=1S/C57H101N13O10S2.C16H31N3O3S/c1-43(71)37-49(56(79)63-30-20-29-58-2)69(10)53(76)27-18-13-19-36-81-82-50-28-33-60-39-46(50)57(80)70(34-21-31-61-54(77)47(64-51(74)41-67(6)7)25-16-11-14-23-44(72)38-59-3)35-22-32-62-55(78)48(65-52(75)42-68(8)9)26-17-12-15-24-45(73)40-66(4)5;1-13(20)12-14(16(22)18-10-7-9-17-2)19(3)15(21)8-5-4-6-11-23/h28,33,39,47-49,58-59H,11-27,29-32,34-38,40-42H2,1-10H3,(H,61,77)(H,62,78)(H,63,79)(H,64,74)(H,65,75);14,17,23H,4-12H2,1-3H3,(H,18,22)/t47-,48-,49-;14-/m00/s1. The van der Waals surface area contributed by atoms with Gasteiger partial charge in [0, 0.05) is 115 Å². The molecule has 29 nitrogen and oxygen atoms in total. The van der Waals surface area contributed by atoms with Crippen LogP contribution < -0.4 is 47.9 Å². The van der Waals surface area contributed by atoms with Crippen LogP contribution in [0.3, 0.4) is 0 Å². The van der Waals surface area contributed by atoms with Crippen molar-refractivity contribution >= 4 is 111 Å². The van der Waals surface area contributed by atoms with E-state index < -0.39 is 24.2 Å². The lowest BCUT2D eigenvalue weighted by Crippen LogP contribution is -2.49. The molecule has 1 aromatic rings. The van der Waals surface area contributed by atoms with Gasteiger partial charge in [0.2, 0.25) is 47.3 Å². The summed E-state index contributed by atoms with van der Waals surface area (Å²) >= 11 is 4.14. The van der Waals surface area contributed by atoms with Crippen LogP contribution in [-0.2, 0) is 57.5 Å². The Labute approximate surface area is 640 Å². The average Bonchev–Trinajstić information content (AvgIpc) is 0.852. The zero-order valence-corrected chi connectivity index (χ0v) is 68.1. The van der Waals surface area contributed by atoms with Crippen LogP contribution in [0.1, 0.15) is 178 Å². The van der Waals surface area contributed by atoms with Crippen LogP contribution in [0.5, 0.6) is 0 Å². The monoisotopic (exact) mass is 1540 g/mol. The van der Waals surface area contributed by atoms with Crippen LogP contribution in [0.4, 0.5) is 0 Å². The number of carbonyl (C=O) groups is 13. The largest absolute Gasteiger partial charge is 0.354 e. The molecule has 0 bridgehead atoms. The Hall–Kier alpha value is -6.13. The van der Waals surface area contributed by atoms with Crippen molar-refractivity contribution in [3.05, 3.63) is 24.0 Å². The first kappa shape index (κ1) is 98.9. The highest BCUT2D eigenvalue weighted by molar-refractivity contribution is 8.76. The van der Waals surface area contributed by atoms with E-state index in [1.165, 1.54) is 40.6 Å². The van der Waals surface area contributed by atoms with Crippen molar-refractivity contribution in [2.45, 2.75) is 197 Å². The molecule has 0 aliphatic heterocycles. The molecule has 32 heteroatoms. The van der Waals surface area contributed by atoms with E-state index in [0.29, 0.717) is 120 Å². The maximum Gasteiger partial charge on any atom is 0.256 e. The molecule has 0 spiro atoms. The molecule has 0 aromatic carbocycles. The molecule has 0 aliphatic rings. The van der Waals surface area contributed by atoms with Gasteiger partial charge < -0.3 is 77.3 Å². The third-order valence-corrected chi connectivity index (χ3v) is 19.3. The second-order valence-corrected chi connectivity index (χ2v) is 30.2. The molecule has 105 heavy (non-hydrogen) atoms. The summed E-state index contributed by atoms with van der Waals surface area (Å²) in [6.45, 7) is 7.10. The molecule has 9 N–H and O–H groups in total. The number of nitrogens with zero attached hydrogens (tertiary/aromatic N) is 7. The lowest BCUT2D eigenvalue weighted by Gasteiger charge is -2.27. The fourth-order valence-electron chi connectivity index (χ4n) is 10.8. The highest BCUT2D eigenvalue weighted by Crippen LogP contribution is 2.34. The summed E-state index contributed by atoms with van der Waals surface area (Å²) in [5.74, 6) is -0.967. The molecule has 1 aromatic heterocycles. The number of amides is 9. The molecule has 4 atom stereocenters. The highest BCUT2D eigenvalue weighted by Gasteiger charge is 2.30. The number of ketones is 4. The molecule has 0 radical (unpaired) electrons. The third-order valence-electron chi connectivity index (χ3n) is 16.5. The van der Waals surface area contributed by atoms with Crippen LogP contribution in [0.2, 0.25) is 0 Å². The van der Waals surface area contributed by atoms with E-state index in [4.69, 9.17) is 0 Å². The fraction of sp³-hybridized carbons (Fsp3) is 0.753. The number of rotatable bonds is 62. The SMILES string of the molecule is CNCCCNC(=O)[C@H](CC(C)=O)N(C)C(=O)CCCCCS.CNCCCNC(=O)[C@H](CC(C)=O)N(C)C(=O)CCCCCSSc1ccncc1C(=O)N(CCCNC(=O)[C@H](CCCCCC(=O)CNC)NC(=O)CN(C)C)CCCNC(=O)[C@H](CCCCCC(=O)CN(C)C)NC(=O)CN(C)C. The number of pyridine rings is 1. The molecule has 1 heterocycles. The van der Waals surface area contributed by atoms with Gasteiger partial charge in [0.05, 0.1) is 31.7 Å². The van der Waals surface area contributed by atoms with Crippen molar-refractivity contribution in [3.8, 4) is 0 Å². The van der Waals surface area contributed by atoms with Gasteiger partial charge >= 0.3 is 0 Å². The van der Waals surface area contributed by atoms with Crippen LogP contribution >= 0.6 is 34.2 Å². The fourth-order valence-corrected chi connectivity index (χ4v) is 13.4. The van der Waals surface area contributed by atoms with E-state index in [1.54, 1.807) is 87.1 Å². The molecule has 1 rings (SSSR count). The lowest BCUT2D eigenvalue weighted by molar-refractivity contribution is -0.140. The van der Waals surface area contributed by atoms with Crippen LogP contribution in [0.15, 0.2) is 23.4 Å². The van der Waals surface area contributed by atoms with E-state index in [1.807, 2.05) is 33.1 Å². The quantitative estimate of drug-likeness (QED) is 0.0254. The van der Waals surface area contributed by atoms with Gasteiger partial charge in [-0.3, -0.25) is 67.3 Å². The summed E-state index contributed by atoms with van der Waals surface area (Å²) in [5, 5.41) is 26.2. The van der Waals surface area contributed by atoms with Gasteiger partial charge in [0.15, 0.2) is 0 Å². The number of hydrogen-bond acceptors (Lipinski definition) is 23. The van der Waals surface area contributed by atoms with E-state index in [9.17, 15) is 62.3 Å². The predicted molar refractivity (Wildman–Crippen MR) is 421 cm³/mol. The molecule has 0 unspecified atom stereocenters. The first-order valence-electron chi connectivity index (χ1n) is 37.3. The Morgan fingerprint density at radius 3 is 1.31 bits per heavy atom. The van der Waals surface area contributed by atoms with Crippen molar-refractivity contribution in [1.29, 1.82) is 0 Å². The van der Waals surface area contributed by atoms with E-state index in [0.717, 1.165) is 76.0 Å². The number of hydrogen-bond donors (Lipinski definition) is 10. The smallest absolute Gasteiger partial charge is 0.256 e. The van der Waals surface area contributed by atoms with Crippen molar-refractivity contribution in [3.63, 3.8) is 0 Å². The summed E-state index contributed by atoms with van der Waals surface area (Å²) in [5.41, 5.74) is 0.385. The molecule has 600 valence electrons. The van der Waals surface area contributed by atoms with Gasteiger partial charge in [-0.1, -0.05) is 60.1 Å². The van der Waals surface area contributed by atoms with Crippen LogP contribution in [0, 0.1) is 0 Å². The molecule has 0 saturated heterocycles. The number of nitrogens with one attached hydrogen (secondary N) is 9. The minimum Gasteiger partial charge on any atom is -0.354 e. The Bertz CT molecular complexity index is 2740. The van der Waals surface area contributed by atoms with E-state index >= 15 is 0 Å². The van der Waals surface area contributed by atoms with Crippen molar-refractivity contribution in [2.24, 2.45) is 0 Å². The number of unbranched alkanes of at least 4 members (excludes halogenated alkanes) is 8. The third kappa shape index (κ3) is 50.2. The summed E-state index contributed by atoms with van der Waals surface area (Å²) in [7, 11) is 22.3. The van der Waals surface area contributed by atoms with Crippen LogP contribution in [-0.4, -0.2) is 302 Å². The maximum absolute atomic E-state index is 14.5. The Morgan fingerprint density at radius 1 is 0.467 bits per heavy atom. The zero-order chi connectivity index (χ0) is 78.9. The van der Waals surface area contributed by atoms with E-state index in [-0.39, 0.29) is 135 Å². The number of Topliss-reactive ketones (excluding diaryl/α,β-unsaturated/α-hetero) is 4. The van der Waals surface area contributed by atoms with E-state index in [2.05, 4.69) is 65.5 Å². The lowest BCUT2D eigenvalue weighted by atomic mass is 10.0. The van der Waals surface area contributed by atoms with Gasteiger partial charge in [0.1, 0.15) is 47.3 Å². The average molecular weight is 1540 g/mol. The van der Waals surface area contributed by atoms with Crippen molar-refractivity contribution < 1.29 is 62.3 Å². The Kier molecular flexibility index (Phi) is 58.2. The van der Waals surface area contributed by atoms with Gasteiger partial charge in [-0.25, -0.2) is 0 Å². The molecule has 0 fully saturated rings. The minimum absolute atomic E-state index is 0.0523. The second kappa shape index (κ2) is 61.8. The molecular weight excluding hydrogens is 1410 g/mol. The highest BCUT2D eigenvalue weighted by atomic mass is 33.1. The first-order valence-corrected chi connectivity index (χ1v) is 40.2. The molecule has 0 saturated carbocycles. The van der Waals surface area contributed by atoms with Gasteiger partial charge in [-0.2, -0.15) is 12.6 Å². The molecular formula is C73H132N16O13S3. The summed E-state index contributed by atoms with van der Waals surface area (Å²) in [6.07, 6.45) is 16.5. The van der Waals surface area contributed by atoms with Crippen molar-refractivity contribution in [2.75, 3.05) is 168 Å².